The molecular formula is C36H49N9O4. The Balaban J connectivity index is 1.83. The van der Waals surface area contributed by atoms with E-state index in [0.29, 0.717) is 32.2 Å². The maximum atomic E-state index is 13.8. The van der Waals surface area contributed by atoms with Gasteiger partial charge < -0.3 is 44.6 Å². The highest BCUT2D eigenvalue weighted by Crippen LogP contribution is 2.20. The Kier molecular flexibility index (Phi) is 15.7. The van der Waals surface area contributed by atoms with Gasteiger partial charge >= 0.3 is 0 Å². The van der Waals surface area contributed by atoms with Crippen LogP contribution in [0.25, 0.3) is 11.1 Å². The molecule has 13 N–H and O–H groups in total. The lowest BCUT2D eigenvalue weighted by atomic mass is 9.99. The van der Waals surface area contributed by atoms with Crippen molar-refractivity contribution in [3.8, 4) is 11.1 Å². The van der Waals surface area contributed by atoms with Gasteiger partial charge in [-0.2, -0.15) is 0 Å². The number of aliphatic imine (C=N–C) groups is 1. The number of hydrogen-bond acceptors (Lipinski definition) is 7. The molecule has 0 spiro atoms. The summed E-state index contributed by atoms with van der Waals surface area (Å²) in [5.74, 6) is -2.52. The first-order chi connectivity index (χ1) is 23.6. The smallest absolute Gasteiger partial charge is 0.243 e. The van der Waals surface area contributed by atoms with Crippen LogP contribution in [0.1, 0.15) is 43.2 Å². The summed E-state index contributed by atoms with van der Waals surface area (Å²) in [6, 6.07) is 22.7. The number of carbonyl (C=O) groups is 4. The van der Waals surface area contributed by atoms with Crippen LogP contribution in [0.2, 0.25) is 0 Å². The van der Waals surface area contributed by atoms with E-state index in [2.05, 4.69) is 20.9 Å². The van der Waals surface area contributed by atoms with Gasteiger partial charge in [-0.3, -0.25) is 24.2 Å². The Labute approximate surface area is 287 Å². The molecule has 3 rings (SSSR count). The first-order valence-electron chi connectivity index (χ1n) is 16.5. The van der Waals surface area contributed by atoms with Crippen LogP contribution in [0.15, 0.2) is 89.9 Å². The number of rotatable bonds is 20. The molecule has 0 fully saturated rings. The predicted molar refractivity (Wildman–Crippen MR) is 192 cm³/mol. The first kappa shape index (κ1) is 38.2. The standard InChI is InChI=1S/C36H49N9O4/c37-20-8-7-14-29(32(39)46)43-35(49)31(23-25-16-18-27(19-17-25)26-12-5-2-6-13-26)45-34(48)30(15-9-21-42-36(40)41)44-33(47)28(38)22-24-10-3-1-4-11-24/h1-6,10-13,16-19,28-31H,7-9,14-15,20-23,37-38H2,(H2,39,46)(H,43,49)(H,44,47)(H,45,48)(H4,40,41,42). The van der Waals surface area contributed by atoms with Crippen molar-refractivity contribution >= 4 is 29.6 Å². The van der Waals surface area contributed by atoms with Crippen molar-refractivity contribution in [3.05, 3.63) is 96.1 Å². The number of benzene rings is 3. The second kappa shape index (κ2) is 20.2. The molecule has 49 heavy (non-hydrogen) atoms. The Morgan fingerprint density at radius 2 is 1.12 bits per heavy atom. The second-order valence-corrected chi connectivity index (χ2v) is 11.9. The Morgan fingerprint density at radius 1 is 0.592 bits per heavy atom. The molecule has 4 unspecified atom stereocenters. The maximum absolute atomic E-state index is 13.8. The van der Waals surface area contributed by atoms with E-state index in [1.54, 1.807) is 0 Å². The topological polar surface area (TPSA) is 247 Å². The van der Waals surface area contributed by atoms with E-state index in [9.17, 15) is 19.2 Å². The van der Waals surface area contributed by atoms with Crippen molar-refractivity contribution < 1.29 is 19.2 Å². The highest BCUT2D eigenvalue weighted by atomic mass is 16.2. The van der Waals surface area contributed by atoms with Gasteiger partial charge in [0.15, 0.2) is 5.96 Å². The third kappa shape index (κ3) is 13.4. The molecule has 0 radical (unpaired) electrons. The van der Waals surface area contributed by atoms with Gasteiger partial charge in [-0.15, -0.1) is 0 Å². The fourth-order valence-corrected chi connectivity index (χ4v) is 5.24. The van der Waals surface area contributed by atoms with Crippen molar-refractivity contribution in [1.29, 1.82) is 0 Å². The minimum absolute atomic E-state index is 0.0968. The van der Waals surface area contributed by atoms with Gasteiger partial charge in [-0.05, 0) is 67.3 Å². The van der Waals surface area contributed by atoms with E-state index in [1.807, 2.05) is 84.9 Å². The van der Waals surface area contributed by atoms with E-state index in [-0.39, 0.29) is 31.8 Å². The monoisotopic (exact) mass is 671 g/mol. The molecule has 0 saturated carbocycles. The molecule has 4 amide bonds. The van der Waals surface area contributed by atoms with Gasteiger partial charge in [0.05, 0.1) is 6.04 Å². The predicted octanol–water partition coefficient (Wildman–Crippen LogP) is 0.588. The van der Waals surface area contributed by atoms with Gasteiger partial charge in [0.1, 0.15) is 18.1 Å². The Morgan fingerprint density at radius 3 is 1.73 bits per heavy atom. The number of nitrogens with one attached hydrogen (secondary N) is 3. The molecule has 3 aromatic rings. The van der Waals surface area contributed by atoms with E-state index in [0.717, 1.165) is 22.3 Å². The number of primary amides is 1. The fraction of sp³-hybridized carbons (Fsp3) is 0.361. The lowest BCUT2D eigenvalue weighted by Gasteiger charge is -2.26. The number of amides is 4. The number of guanidine groups is 1. The molecule has 0 aromatic heterocycles. The summed E-state index contributed by atoms with van der Waals surface area (Å²) < 4.78 is 0. The second-order valence-electron chi connectivity index (χ2n) is 11.9. The Hall–Kier alpha value is -5.27. The normalized spacial score (nSPS) is 13.3. The summed E-state index contributed by atoms with van der Waals surface area (Å²) in [7, 11) is 0. The van der Waals surface area contributed by atoms with E-state index in [1.165, 1.54) is 0 Å². The van der Waals surface area contributed by atoms with Crippen molar-refractivity contribution in [2.75, 3.05) is 13.1 Å². The third-order valence-electron chi connectivity index (χ3n) is 7.95. The number of nitrogens with two attached hydrogens (primary N) is 5. The van der Waals surface area contributed by atoms with E-state index >= 15 is 0 Å². The zero-order valence-corrected chi connectivity index (χ0v) is 27.7. The van der Waals surface area contributed by atoms with E-state index in [4.69, 9.17) is 28.7 Å². The highest BCUT2D eigenvalue weighted by Gasteiger charge is 2.30. The van der Waals surface area contributed by atoms with Crippen LogP contribution in [0.4, 0.5) is 0 Å². The van der Waals surface area contributed by atoms with Crippen molar-refractivity contribution in [2.24, 2.45) is 33.7 Å². The van der Waals surface area contributed by atoms with Crippen molar-refractivity contribution in [2.45, 2.75) is 69.1 Å². The van der Waals surface area contributed by atoms with Gasteiger partial charge in [-0.1, -0.05) is 84.9 Å². The quantitative estimate of drug-likeness (QED) is 0.0479. The van der Waals surface area contributed by atoms with Crippen LogP contribution in [0.3, 0.4) is 0 Å². The average molecular weight is 672 g/mol. The van der Waals surface area contributed by atoms with Crippen molar-refractivity contribution in [3.63, 3.8) is 0 Å². The first-order valence-corrected chi connectivity index (χ1v) is 16.5. The molecular weight excluding hydrogens is 622 g/mol. The minimum atomic E-state index is -1.11. The molecule has 0 heterocycles. The summed E-state index contributed by atoms with van der Waals surface area (Å²) >= 11 is 0. The molecule has 0 aliphatic heterocycles. The third-order valence-corrected chi connectivity index (χ3v) is 7.95. The van der Waals surface area contributed by atoms with Crippen molar-refractivity contribution in [1.82, 2.24) is 16.0 Å². The summed E-state index contributed by atoms with van der Waals surface area (Å²) in [4.78, 5) is 56.9. The van der Waals surface area contributed by atoms with Gasteiger partial charge in [0.25, 0.3) is 0 Å². The summed E-state index contributed by atoms with van der Waals surface area (Å²) in [6.07, 6.45) is 2.41. The van der Waals surface area contributed by atoms with Gasteiger partial charge in [0.2, 0.25) is 23.6 Å². The summed E-state index contributed by atoms with van der Waals surface area (Å²) in [5.41, 5.74) is 32.0. The number of nitrogens with zero attached hydrogens (tertiary/aromatic N) is 1. The number of carbonyl (C=O) groups excluding carboxylic acids is 4. The highest BCUT2D eigenvalue weighted by molar-refractivity contribution is 5.94. The van der Waals surface area contributed by atoms with Gasteiger partial charge in [0, 0.05) is 13.0 Å². The molecule has 4 atom stereocenters. The van der Waals surface area contributed by atoms with Gasteiger partial charge in [-0.25, -0.2) is 0 Å². The lowest BCUT2D eigenvalue weighted by molar-refractivity contribution is -0.133. The summed E-state index contributed by atoms with van der Waals surface area (Å²) in [6.45, 7) is 0.654. The molecule has 0 bridgehead atoms. The van der Waals surface area contributed by atoms with Crippen LogP contribution in [-0.2, 0) is 32.0 Å². The fourth-order valence-electron chi connectivity index (χ4n) is 5.24. The van der Waals surface area contributed by atoms with Crippen LogP contribution in [-0.4, -0.2) is 66.8 Å². The maximum Gasteiger partial charge on any atom is 0.243 e. The Bertz CT molecular complexity index is 1510. The largest absolute Gasteiger partial charge is 0.370 e. The molecule has 0 aliphatic rings. The average Bonchev–Trinajstić information content (AvgIpc) is 3.09. The summed E-state index contributed by atoms with van der Waals surface area (Å²) in [5, 5.41) is 8.26. The van der Waals surface area contributed by atoms with Crippen LogP contribution in [0, 0.1) is 0 Å². The molecule has 13 nitrogen and oxygen atoms in total. The molecule has 0 aliphatic carbocycles. The van der Waals surface area contributed by atoms with Crippen LogP contribution < -0.4 is 44.6 Å². The lowest BCUT2D eigenvalue weighted by Crippen LogP contribution is -2.58. The molecule has 262 valence electrons. The SMILES string of the molecule is NCCCCC(NC(=O)C(Cc1ccc(-c2ccccc2)cc1)NC(=O)C(CCCN=C(N)N)NC(=O)C(N)Cc1ccccc1)C(N)=O. The molecule has 3 aromatic carbocycles. The zero-order valence-electron chi connectivity index (χ0n) is 27.7. The molecule has 13 heteroatoms. The minimum Gasteiger partial charge on any atom is -0.370 e. The number of hydrogen-bond donors (Lipinski definition) is 8. The molecule has 0 saturated heterocycles. The van der Waals surface area contributed by atoms with Crippen LogP contribution in [0.5, 0.6) is 0 Å². The van der Waals surface area contributed by atoms with E-state index < -0.39 is 47.8 Å². The zero-order chi connectivity index (χ0) is 35.6. The van der Waals surface area contributed by atoms with Crippen LogP contribution >= 0.6 is 0 Å². The number of unbranched alkanes of at least 4 members (excludes halogenated alkanes) is 1.